The van der Waals surface area contributed by atoms with Crippen LogP contribution in [0.4, 0.5) is 11.4 Å². The first-order valence-electron chi connectivity index (χ1n) is 6.80. The molecule has 1 heterocycles. The van der Waals surface area contributed by atoms with Crippen LogP contribution in [0.25, 0.3) is 0 Å². The van der Waals surface area contributed by atoms with Gasteiger partial charge in [0, 0.05) is 21.5 Å². The van der Waals surface area contributed by atoms with Crippen molar-refractivity contribution in [3.8, 4) is 0 Å². The van der Waals surface area contributed by atoms with E-state index in [1.165, 1.54) is 16.7 Å². The van der Waals surface area contributed by atoms with Gasteiger partial charge >= 0.3 is 0 Å². The molecule has 3 rings (SSSR count). The van der Waals surface area contributed by atoms with Gasteiger partial charge in [0.1, 0.15) is 0 Å². The molecule has 2 aromatic rings. The molecule has 0 bridgehead atoms. The van der Waals surface area contributed by atoms with Gasteiger partial charge < -0.3 is 5.73 Å². The molecule has 2 N–H and O–H groups in total. The molecule has 1 fully saturated rings. The van der Waals surface area contributed by atoms with Crippen molar-refractivity contribution in [2.24, 2.45) is 0 Å². The Balaban J connectivity index is 1.85. The zero-order chi connectivity index (χ0) is 16.6. The Kier molecular flexibility index (Phi) is 4.66. The first-order valence-corrected chi connectivity index (χ1v) is 8.85. The maximum atomic E-state index is 12.6. The number of imide groups is 1. The molecule has 1 saturated heterocycles. The minimum absolute atomic E-state index is 0.144. The number of halogens is 2. The van der Waals surface area contributed by atoms with Gasteiger partial charge in [-0.25, -0.2) is 4.90 Å². The van der Waals surface area contributed by atoms with Crippen LogP contribution in [-0.4, -0.2) is 17.1 Å². The predicted molar refractivity (Wildman–Crippen MR) is 96.8 cm³/mol. The predicted octanol–water partition coefficient (Wildman–Crippen LogP) is 4.11. The fraction of sp³-hybridized carbons (Fsp3) is 0.125. The van der Waals surface area contributed by atoms with Gasteiger partial charge in [0.25, 0.3) is 0 Å². The molecule has 1 aliphatic rings. The zero-order valence-corrected chi connectivity index (χ0v) is 15.0. The highest BCUT2D eigenvalue weighted by atomic mass is 79.9. The Bertz CT molecular complexity index is 799. The Labute approximate surface area is 151 Å². The van der Waals surface area contributed by atoms with Crippen LogP contribution in [0.1, 0.15) is 6.42 Å². The van der Waals surface area contributed by atoms with E-state index < -0.39 is 5.25 Å². The van der Waals surface area contributed by atoms with Crippen molar-refractivity contribution in [1.29, 1.82) is 0 Å². The number of nitrogen functional groups attached to an aromatic ring is 1. The molecule has 2 amide bonds. The van der Waals surface area contributed by atoms with E-state index in [4.69, 9.17) is 17.3 Å². The molecular formula is C16H12BrClN2O2S. The van der Waals surface area contributed by atoms with Crippen LogP contribution in [0.2, 0.25) is 5.02 Å². The number of amides is 2. The second-order valence-corrected chi connectivity index (χ2v) is 7.52. The molecule has 0 radical (unpaired) electrons. The van der Waals surface area contributed by atoms with Crippen LogP contribution in [0, 0.1) is 0 Å². The molecule has 0 spiro atoms. The largest absolute Gasteiger partial charge is 0.398 e. The average molecular weight is 412 g/mol. The quantitative estimate of drug-likeness (QED) is 0.610. The SMILES string of the molecule is Nc1ccccc1S[C@H]1CC(=O)N(c2ccc(Br)c(Cl)c2)C1=O. The summed E-state index contributed by atoms with van der Waals surface area (Å²) in [4.78, 5) is 26.9. The number of carbonyl (C=O) groups is 2. The molecule has 0 unspecified atom stereocenters. The highest BCUT2D eigenvalue weighted by Gasteiger charge is 2.40. The molecule has 0 aromatic heterocycles. The number of hydrogen-bond donors (Lipinski definition) is 1. The number of para-hydroxylation sites is 1. The first kappa shape index (κ1) is 16.4. The topological polar surface area (TPSA) is 63.4 Å². The maximum absolute atomic E-state index is 12.6. The number of carbonyl (C=O) groups excluding carboxylic acids is 2. The van der Waals surface area contributed by atoms with Crippen molar-refractivity contribution >= 4 is 62.5 Å². The molecule has 7 heteroatoms. The standard InChI is InChI=1S/C16H12BrClN2O2S/c17-10-6-5-9(7-11(10)18)20-15(21)8-14(16(20)22)23-13-4-2-1-3-12(13)19/h1-7,14H,8,19H2/t14-/m0/s1. The summed E-state index contributed by atoms with van der Waals surface area (Å²) >= 11 is 10.7. The van der Waals surface area contributed by atoms with Crippen LogP contribution < -0.4 is 10.6 Å². The molecule has 1 aliphatic heterocycles. The lowest BCUT2D eigenvalue weighted by atomic mass is 10.3. The van der Waals surface area contributed by atoms with E-state index in [9.17, 15) is 9.59 Å². The van der Waals surface area contributed by atoms with Gasteiger partial charge in [-0.2, -0.15) is 0 Å². The van der Waals surface area contributed by atoms with Crippen LogP contribution in [0.3, 0.4) is 0 Å². The van der Waals surface area contributed by atoms with E-state index in [2.05, 4.69) is 15.9 Å². The van der Waals surface area contributed by atoms with Gasteiger partial charge in [0.2, 0.25) is 11.8 Å². The molecule has 23 heavy (non-hydrogen) atoms. The van der Waals surface area contributed by atoms with Crippen molar-refractivity contribution in [3.05, 3.63) is 52.0 Å². The van der Waals surface area contributed by atoms with E-state index in [1.807, 2.05) is 18.2 Å². The molecule has 0 saturated carbocycles. The minimum atomic E-state index is -0.477. The fourth-order valence-electron chi connectivity index (χ4n) is 2.33. The van der Waals surface area contributed by atoms with E-state index in [1.54, 1.807) is 24.3 Å². The minimum Gasteiger partial charge on any atom is -0.398 e. The second-order valence-electron chi connectivity index (χ2n) is 5.01. The van der Waals surface area contributed by atoms with Gasteiger partial charge in [0.15, 0.2) is 0 Å². The number of thioether (sulfide) groups is 1. The van der Waals surface area contributed by atoms with Crippen LogP contribution >= 0.6 is 39.3 Å². The summed E-state index contributed by atoms with van der Waals surface area (Å²) < 4.78 is 0.713. The molecular weight excluding hydrogens is 400 g/mol. The van der Waals surface area contributed by atoms with Gasteiger partial charge in [-0.05, 0) is 46.3 Å². The molecule has 1 atom stereocenters. The number of nitrogens with two attached hydrogens (primary N) is 1. The van der Waals surface area contributed by atoms with Gasteiger partial charge in [-0.3, -0.25) is 9.59 Å². The Morgan fingerprint density at radius 2 is 1.96 bits per heavy atom. The monoisotopic (exact) mass is 410 g/mol. The fourth-order valence-corrected chi connectivity index (χ4v) is 3.85. The normalized spacial score (nSPS) is 17.8. The smallest absolute Gasteiger partial charge is 0.247 e. The third-order valence-electron chi connectivity index (χ3n) is 3.45. The highest BCUT2D eigenvalue weighted by molar-refractivity contribution is 9.10. The van der Waals surface area contributed by atoms with Gasteiger partial charge in [-0.1, -0.05) is 23.7 Å². The molecule has 2 aromatic carbocycles. The van der Waals surface area contributed by atoms with Crippen molar-refractivity contribution < 1.29 is 9.59 Å². The van der Waals surface area contributed by atoms with Crippen LogP contribution in [0.15, 0.2) is 51.8 Å². The molecule has 118 valence electrons. The summed E-state index contributed by atoms with van der Waals surface area (Å²) in [5.41, 5.74) is 6.99. The molecule has 4 nitrogen and oxygen atoms in total. The Morgan fingerprint density at radius 3 is 2.65 bits per heavy atom. The highest BCUT2D eigenvalue weighted by Crippen LogP contribution is 2.37. The Morgan fingerprint density at radius 1 is 1.22 bits per heavy atom. The third kappa shape index (κ3) is 3.24. The lowest BCUT2D eigenvalue weighted by Gasteiger charge is -2.16. The second kappa shape index (κ2) is 6.55. The summed E-state index contributed by atoms with van der Waals surface area (Å²) in [6, 6.07) is 12.3. The van der Waals surface area contributed by atoms with E-state index in [0.29, 0.717) is 20.9 Å². The average Bonchev–Trinajstić information content (AvgIpc) is 2.79. The number of anilines is 2. The zero-order valence-electron chi connectivity index (χ0n) is 11.8. The van der Waals surface area contributed by atoms with Crippen molar-refractivity contribution in [2.75, 3.05) is 10.6 Å². The van der Waals surface area contributed by atoms with Crippen LogP contribution in [-0.2, 0) is 9.59 Å². The lowest BCUT2D eigenvalue weighted by Crippen LogP contribution is -2.31. The third-order valence-corrected chi connectivity index (χ3v) is 5.97. The first-order chi connectivity index (χ1) is 11.0. The van der Waals surface area contributed by atoms with E-state index in [0.717, 1.165) is 4.90 Å². The number of nitrogens with zero attached hydrogens (tertiary/aromatic N) is 1. The number of benzene rings is 2. The Hall–Kier alpha value is -1.50. The van der Waals surface area contributed by atoms with Crippen molar-refractivity contribution in [2.45, 2.75) is 16.6 Å². The van der Waals surface area contributed by atoms with Crippen LogP contribution in [0.5, 0.6) is 0 Å². The molecule has 0 aliphatic carbocycles. The van der Waals surface area contributed by atoms with Gasteiger partial charge in [0.05, 0.1) is 16.0 Å². The summed E-state index contributed by atoms with van der Waals surface area (Å²) in [5.74, 6) is -0.484. The van der Waals surface area contributed by atoms with E-state index >= 15 is 0 Å². The van der Waals surface area contributed by atoms with Crippen molar-refractivity contribution in [1.82, 2.24) is 0 Å². The van der Waals surface area contributed by atoms with Gasteiger partial charge in [-0.15, -0.1) is 11.8 Å². The summed E-state index contributed by atoms with van der Waals surface area (Å²) in [5, 5.41) is -0.0267. The van der Waals surface area contributed by atoms with Crippen molar-refractivity contribution in [3.63, 3.8) is 0 Å². The summed E-state index contributed by atoms with van der Waals surface area (Å²) in [7, 11) is 0. The summed E-state index contributed by atoms with van der Waals surface area (Å²) in [6.07, 6.45) is 0.144. The number of hydrogen-bond acceptors (Lipinski definition) is 4. The maximum Gasteiger partial charge on any atom is 0.247 e. The van der Waals surface area contributed by atoms with E-state index in [-0.39, 0.29) is 18.2 Å². The lowest BCUT2D eigenvalue weighted by molar-refractivity contribution is -0.121. The number of rotatable bonds is 3. The summed E-state index contributed by atoms with van der Waals surface area (Å²) in [6.45, 7) is 0.